The molecule has 4 rings (SSSR count). The van der Waals surface area contributed by atoms with Crippen molar-refractivity contribution in [3.63, 3.8) is 0 Å². The number of aryl methyl sites for hydroxylation is 4. The Morgan fingerprint density at radius 3 is 2.32 bits per heavy atom. The molecule has 0 fully saturated rings. The zero-order chi connectivity index (χ0) is 24.5. The topological polar surface area (TPSA) is 101 Å². The van der Waals surface area contributed by atoms with Gasteiger partial charge in [-0.25, -0.2) is 13.4 Å². The molecule has 0 saturated carbocycles. The number of oxazole rings is 1. The van der Waals surface area contributed by atoms with E-state index in [0.29, 0.717) is 22.8 Å². The molecule has 8 heteroatoms. The van der Waals surface area contributed by atoms with Crippen LogP contribution in [0.5, 0.6) is 0 Å². The van der Waals surface area contributed by atoms with E-state index in [1.165, 1.54) is 12.1 Å². The van der Waals surface area contributed by atoms with Crippen LogP contribution in [0.1, 0.15) is 32.9 Å². The van der Waals surface area contributed by atoms with Gasteiger partial charge < -0.3 is 9.73 Å². The van der Waals surface area contributed by atoms with Gasteiger partial charge >= 0.3 is 0 Å². The summed E-state index contributed by atoms with van der Waals surface area (Å²) in [6.07, 6.45) is 0. The maximum atomic E-state index is 13.1. The van der Waals surface area contributed by atoms with Crippen LogP contribution in [-0.2, 0) is 10.0 Å². The number of aromatic nitrogens is 1. The normalized spacial score (nSPS) is 11.3. The summed E-state index contributed by atoms with van der Waals surface area (Å²) in [4.78, 5) is 17.5. The molecular formula is C26H25N3O4S. The van der Waals surface area contributed by atoms with E-state index in [-0.39, 0.29) is 10.5 Å². The van der Waals surface area contributed by atoms with Crippen LogP contribution in [0.15, 0.2) is 76.0 Å². The number of sulfonamides is 1. The van der Waals surface area contributed by atoms with Crippen LogP contribution >= 0.6 is 0 Å². The van der Waals surface area contributed by atoms with Gasteiger partial charge in [0.2, 0.25) is 5.89 Å². The highest BCUT2D eigenvalue weighted by molar-refractivity contribution is 7.92. The monoisotopic (exact) mass is 475 g/mol. The van der Waals surface area contributed by atoms with E-state index < -0.39 is 15.9 Å². The molecule has 0 bridgehead atoms. The van der Waals surface area contributed by atoms with Crippen molar-refractivity contribution in [1.82, 2.24) is 4.98 Å². The van der Waals surface area contributed by atoms with Gasteiger partial charge in [0.15, 0.2) is 0 Å². The largest absolute Gasteiger partial charge is 0.441 e. The number of carbonyl (C=O) groups is 1. The number of benzene rings is 3. The maximum absolute atomic E-state index is 13.1. The fourth-order valence-corrected chi connectivity index (χ4v) is 4.54. The average molecular weight is 476 g/mol. The lowest BCUT2D eigenvalue weighted by molar-refractivity contribution is 0.102. The minimum atomic E-state index is -3.87. The van der Waals surface area contributed by atoms with Crippen LogP contribution in [0, 0.1) is 27.7 Å². The summed E-state index contributed by atoms with van der Waals surface area (Å²) in [7, 11) is -3.87. The Balaban J connectivity index is 1.58. The van der Waals surface area contributed by atoms with Gasteiger partial charge in [0.1, 0.15) is 5.76 Å². The Morgan fingerprint density at radius 1 is 0.882 bits per heavy atom. The van der Waals surface area contributed by atoms with Gasteiger partial charge in [0, 0.05) is 22.5 Å². The van der Waals surface area contributed by atoms with Crippen molar-refractivity contribution in [2.75, 3.05) is 10.0 Å². The first-order valence-electron chi connectivity index (χ1n) is 10.7. The first kappa shape index (κ1) is 23.3. The van der Waals surface area contributed by atoms with Gasteiger partial charge in [-0.15, -0.1) is 0 Å². The SMILES string of the molecule is Cc1cccc(NS(=O)(=O)c2ccc(C)c(C(=O)Nc3cccc(-c4nc(C)c(C)o4)c3)c2)c1. The van der Waals surface area contributed by atoms with Crippen LogP contribution in [0.2, 0.25) is 0 Å². The third-order valence-electron chi connectivity index (χ3n) is 5.43. The van der Waals surface area contributed by atoms with Gasteiger partial charge in [-0.05, 0) is 81.3 Å². The molecule has 0 aliphatic rings. The van der Waals surface area contributed by atoms with Crippen molar-refractivity contribution in [2.45, 2.75) is 32.6 Å². The van der Waals surface area contributed by atoms with Crippen LogP contribution in [0.25, 0.3) is 11.5 Å². The van der Waals surface area contributed by atoms with Crippen LogP contribution in [0.3, 0.4) is 0 Å². The van der Waals surface area contributed by atoms with Crippen LogP contribution in [-0.4, -0.2) is 19.3 Å². The van der Waals surface area contributed by atoms with E-state index in [2.05, 4.69) is 15.0 Å². The van der Waals surface area contributed by atoms with Gasteiger partial charge in [-0.3, -0.25) is 9.52 Å². The lowest BCUT2D eigenvalue weighted by Gasteiger charge is -2.12. The van der Waals surface area contributed by atoms with Gasteiger partial charge in [-0.1, -0.05) is 24.3 Å². The van der Waals surface area contributed by atoms with Gasteiger partial charge in [-0.2, -0.15) is 0 Å². The molecule has 0 atom stereocenters. The molecule has 34 heavy (non-hydrogen) atoms. The Labute approximate surface area is 198 Å². The molecule has 3 aromatic carbocycles. The summed E-state index contributed by atoms with van der Waals surface area (Å²) in [5.74, 6) is 0.789. The summed E-state index contributed by atoms with van der Waals surface area (Å²) in [5.41, 5.74) is 4.38. The maximum Gasteiger partial charge on any atom is 0.261 e. The summed E-state index contributed by atoms with van der Waals surface area (Å²) in [5, 5.41) is 2.84. The molecule has 1 amide bonds. The summed E-state index contributed by atoms with van der Waals surface area (Å²) in [6.45, 7) is 7.35. The van der Waals surface area contributed by atoms with Gasteiger partial charge in [0.25, 0.3) is 15.9 Å². The van der Waals surface area contributed by atoms with E-state index >= 15 is 0 Å². The number of amides is 1. The zero-order valence-corrected chi connectivity index (χ0v) is 20.2. The van der Waals surface area contributed by atoms with E-state index in [1.54, 1.807) is 49.4 Å². The molecule has 1 aromatic heterocycles. The molecule has 0 radical (unpaired) electrons. The lowest BCUT2D eigenvalue weighted by Crippen LogP contribution is -2.17. The first-order valence-corrected chi connectivity index (χ1v) is 12.2. The number of nitrogens with zero attached hydrogens (tertiary/aromatic N) is 1. The van der Waals surface area contributed by atoms with Crippen molar-refractivity contribution in [1.29, 1.82) is 0 Å². The molecule has 0 spiro atoms. The molecular weight excluding hydrogens is 450 g/mol. The van der Waals surface area contributed by atoms with Crippen LogP contribution < -0.4 is 10.0 Å². The minimum Gasteiger partial charge on any atom is -0.441 e. The Bertz CT molecular complexity index is 1470. The zero-order valence-electron chi connectivity index (χ0n) is 19.3. The quantitative estimate of drug-likeness (QED) is 0.376. The second kappa shape index (κ2) is 9.15. The van der Waals surface area contributed by atoms with Crippen molar-refractivity contribution < 1.29 is 17.6 Å². The second-order valence-corrected chi connectivity index (χ2v) is 9.83. The lowest BCUT2D eigenvalue weighted by atomic mass is 10.1. The Morgan fingerprint density at radius 2 is 1.62 bits per heavy atom. The second-order valence-electron chi connectivity index (χ2n) is 8.15. The average Bonchev–Trinajstić information content (AvgIpc) is 3.12. The predicted octanol–water partition coefficient (Wildman–Crippen LogP) is 5.63. The van der Waals surface area contributed by atoms with Crippen molar-refractivity contribution in [3.05, 3.63) is 94.9 Å². The van der Waals surface area contributed by atoms with Crippen molar-refractivity contribution in [2.24, 2.45) is 0 Å². The molecule has 4 aromatic rings. The minimum absolute atomic E-state index is 0.00393. The fourth-order valence-electron chi connectivity index (χ4n) is 3.46. The molecule has 174 valence electrons. The number of hydrogen-bond donors (Lipinski definition) is 2. The highest BCUT2D eigenvalue weighted by Crippen LogP contribution is 2.25. The highest BCUT2D eigenvalue weighted by Gasteiger charge is 2.19. The molecule has 0 saturated heterocycles. The van der Waals surface area contributed by atoms with Crippen molar-refractivity contribution in [3.8, 4) is 11.5 Å². The molecule has 0 aliphatic carbocycles. The molecule has 2 N–H and O–H groups in total. The number of carbonyl (C=O) groups excluding carboxylic acids is 1. The fraction of sp³-hybridized carbons (Fsp3) is 0.154. The van der Waals surface area contributed by atoms with E-state index in [9.17, 15) is 13.2 Å². The number of rotatable bonds is 6. The van der Waals surface area contributed by atoms with E-state index in [0.717, 1.165) is 22.6 Å². The molecule has 0 aliphatic heterocycles. The van der Waals surface area contributed by atoms with Gasteiger partial charge in [0.05, 0.1) is 10.6 Å². The summed E-state index contributed by atoms with van der Waals surface area (Å²) < 4.78 is 34.1. The Kier molecular flexibility index (Phi) is 6.26. The summed E-state index contributed by atoms with van der Waals surface area (Å²) >= 11 is 0. The number of nitrogens with one attached hydrogen (secondary N) is 2. The standard InChI is InChI=1S/C26H25N3O4S/c1-16-7-5-10-22(13-16)29-34(31,32)23-12-11-17(2)24(15-23)25(30)28-21-9-6-8-20(14-21)26-27-18(3)19(4)33-26/h5-15,29H,1-4H3,(H,28,30). The highest BCUT2D eigenvalue weighted by atomic mass is 32.2. The smallest absolute Gasteiger partial charge is 0.261 e. The predicted molar refractivity (Wildman–Crippen MR) is 133 cm³/mol. The van der Waals surface area contributed by atoms with Crippen LogP contribution in [0.4, 0.5) is 11.4 Å². The van der Waals surface area contributed by atoms with E-state index in [1.807, 2.05) is 32.9 Å². The molecule has 1 heterocycles. The summed E-state index contributed by atoms with van der Waals surface area (Å²) in [6, 6.07) is 18.7. The molecule has 7 nitrogen and oxygen atoms in total. The first-order chi connectivity index (χ1) is 16.1. The third kappa shape index (κ3) is 5.02. The van der Waals surface area contributed by atoms with Crippen molar-refractivity contribution >= 4 is 27.3 Å². The number of hydrogen-bond acceptors (Lipinski definition) is 5. The third-order valence-corrected chi connectivity index (χ3v) is 6.81. The Hall–Kier alpha value is -3.91. The number of anilines is 2. The molecule has 0 unspecified atom stereocenters. The van der Waals surface area contributed by atoms with E-state index in [4.69, 9.17) is 4.42 Å².